The summed E-state index contributed by atoms with van der Waals surface area (Å²) in [6.45, 7) is 2.23. The van der Waals surface area contributed by atoms with Gasteiger partial charge < -0.3 is 4.90 Å². The van der Waals surface area contributed by atoms with E-state index < -0.39 is 0 Å². The van der Waals surface area contributed by atoms with Crippen LogP contribution in [0.5, 0.6) is 0 Å². The molecule has 1 aliphatic carbocycles. The lowest BCUT2D eigenvalue weighted by molar-refractivity contribution is 0.363. The van der Waals surface area contributed by atoms with E-state index >= 15 is 0 Å². The highest BCUT2D eigenvalue weighted by atomic mass is 15.2. The summed E-state index contributed by atoms with van der Waals surface area (Å²) in [5.41, 5.74) is 1.55. The fraction of sp³-hybridized carbons (Fsp3) is 0.524. The van der Waals surface area contributed by atoms with Crippen molar-refractivity contribution in [1.29, 1.82) is 0 Å². The van der Waals surface area contributed by atoms with E-state index in [1.54, 1.807) is 5.56 Å². The summed E-state index contributed by atoms with van der Waals surface area (Å²) in [5.74, 6) is 3.60. The Hall–Kier alpha value is -1.90. The number of rotatable bonds is 6. The predicted octanol–water partition coefficient (Wildman–Crippen LogP) is 4.67. The second kappa shape index (κ2) is 7.33. The number of piperidine rings is 1. The highest BCUT2D eigenvalue weighted by Gasteiger charge is 2.37. The van der Waals surface area contributed by atoms with Crippen LogP contribution in [0.15, 0.2) is 48.8 Å². The van der Waals surface area contributed by atoms with E-state index in [1.165, 1.54) is 38.5 Å². The smallest absolute Gasteiger partial charge is 0.225 e. The molecule has 0 radical (unpaired) electrons. The van der Waals surface area contributed by atoms with Gasteiger partial charge in [0.1, 0.15) is 0 Å². The standard InChI is InChI=1S/C21H27N3/c1-2-7-18(8-3-1)20-16-19(20)9-4-6-17-10-14-24(15-11-17)21-22-12-5-13-23-21/h1-3,5,7-8,12-13,17,19-20H,4,6,9-11,14-16H2/t19-,20+/m1/s1. The van der Waals surface area contributed by atoms with Gasteiger partial charge in [-0.15, -0.1) is 0 Å². The van der Waals surface area contributed by atoms with Crippen molar-refractivity contribution in [3.05, 3.63) is 54.4 Å². The van der Waals surface area contributed by atoms with Crippen LogP contribution >= 0.6 is 0 Å². The van der Waals surface area contributed by atoms with E-state index in [-0.39, 0.29) is 0 Å². The highest BCUT2D eigenvalue weighted by molar-refractivity contribution is 5.29. The van der Waals surface area contributed by atoms with E-state index in [0.717, 1.165) is 36.8 Å². The quantitative estimate of drug-likeness (QED) is 0.774. The van der Waals surface area contributed by atoms with Crippen LogP contribution < -0.4 is 4.90 Å². The lowest BCUT2D eigenvalue weighted by Gasteiger charge is -2.31. The van der Waals surface area contributed by atoms with Gasteiger partial charge in [-0.2, -0.15) is 0 Å². The van der Waals surface area contributed by atoms with Crippen molar-refractivity contribution in [3.8, 4) is 0 Å². The molecular weight excluding hydrogens is 294 g/mol. The van der Waals surface area contributed by atoms with Crippen molar-refractivity contribution in [2.75, 3.05) is 18.0 Å². The zero-order valence-corrected chi connectivity index (χ0v) is 14.3. The van der Waals surface area contributed by atoms with Gasteiger partial charge in [0.05, 0.1) is 0 Å². The van der Waals surface area contributed by atoms with Crippen molar-refractivity contribution >= 4 is 5.95 Å². The molecule has 0 amide bonds. The van der Waals surface area contributed by atoms with Gasteiger partial charge >= 0.3 is 0 Å². The Morgan fingerprint density at radius 3 is 2.42 bits per heavy atom. The maximum absolute atomic E-state index is 4.37. The number of hydrogen-bond acceptors (Lipinski definition) is 3. The SMILES string of the molecule is c1ccc([C@@H]2C[C@H]2CCCC2CCN(c3ncccn3)CC2)cc1. The molecule has 0 N–H and O–H groups in total. The topological polar surface area (TPSA) is 29.0 Å². The van der Waals surface area contributed by atoms with Crippen LogP contribution in [0.4, 0.5) is 5.95 Å². The lowest BCUT2D eigenvalue weighted by Crippen LogP contribution is -2.34. The van der Waals surface area contributed by atoms with Crippen LogP contribution in [-0.2, 0) is 0 Å². The highest BCUT2D eigenvalue weighted by Crippen LogP contribution is 2.50. The second-order valence-electron chi connectivity index (χ2n) is 7.42. The molecule has 2 atom stereocenters. The molecular formula is C21H27N3. The monoisotopic (exact) mass is 321 g/mol. The number of aromatic nitrogens is 2. The minimum Gasteiger partial charge on any atom is -0.341 e. The van der Waals surface area contributed by atoms with E-state index in [4.69, 9.17) is 0 Å². The van der Waals surface area contributed by atoms with Gasteiger partial charge in [-0.05, 0) is 55.1 Å². The molecule has 3 nitrogen and oxygen atoms in total. The number of hydrogen-bond donors (Lipinski definition) is 0. The van der Waals surface area contributed by atoms with Crippen molar-refractivity contribution in [3.63, 3.8) is 0 Å². The summed E-state index contributed by atoms with van der Waals surface area (Å²) in [4.78, 5) is 11.1. The molecule has 2 aliphatic rings. The first-order chi connectivity index (χ1) is 11.9. The van der Waals surface area contributed by atoms with E-state index in [0.29, 0.717) is 0 Å². The summed E-state index contributed by atoms with van der Waals surface area (Å²) in [6, 6.07) is 13.0. The Kier molecular flexibility index (Phi) is 4.77. The largest absolute Gasteiger partial charge is 0.341 e. The second-order valence-corrected chi connectivity index (χ2v) is 7.42. The first kappa shape index (κ1) is 15.6. The van der Waals surface area contributed by atoms with Crippen LogP contribution in [0.1, 0.15) is 50.0 Å². The zero-order chi connectivity index (χ0) is 16.2. The Labute approximate surface area is 145 Å². The summed E-state index contributed by atoms with van der Waals surface area (Å²) < 4.78 is 0. The first-order valence-corrected chi connectivity index (χ1v) is 9.47. The molecule has 0 unspecified atom stereocenters. The van der Waals surface area contributed by atoms with Crippen molar-refractivity contribution in [1.82, 2.24) is 9.97 Å². The van der Waals surface area contributed by atoms with Gasteiger partial charge in [0.2, 0.25) is 5.95 Å². The van der Waals surface area contributed by atoms with Gasteiger partial charge in [-0.25, -0.2) is 9.97 Å². The van der Waals surface area contributed by atoms with Crippen LogP contribution in [0.2, 0.25) is 0 Å². The molecule has 1 aromatic carbocycles. The molecule has 0 spiro atoms. The minimum atomic E-state index is 0.850. The van der Waals surface area contributed by atoms with Gasteiger partial charge in [0.25, 0.3) is 0 Å². The molecule has 1 aliphatic heterocycles. The average Bonchev–Trinajstić information content (AvgIpc) is 3.43. The van der Waals surface area contributed by atoms with Crippen molar-refractivity contribution < 1.29 is 0 Å². The van der Waals surface area contributed by atoms with Crippen LogP contribution in [0.25, 0.3) is 0 Å². The van der Waals surface area contributed by atoms with Gasteiger partial charge in [0.15, 0.2) is 0 Å². The minimum absolute atomic E-state index is 0.850. The number of anilines is 1. The van der Waals surface area contributed by atoms with Crippen molar-refractivity contribution in [2.24, 2.45) is 11.8 Å². The molecule has 126 valence electrons. The third kappa shape index (κ3) is 3.77. The summed E-state index contributed by atoms with van der Waals surface area (Å²) >= 11 is 0. The Morgan fingerprint density at radius 2 is 1.67 bits per heavy atom. The number of nitrogens with zero attached hydrogens (tertiary/aromatic N) is 3. The molecule has 0 bridgehead atoms. The number of benzene rings is 1. The van der Waals surface area contributed by atoms with Gasteiger partial charge in [-0.3, -0.25) is 0 Å². The molecule has 3 heteroatoms. The third-order valence-electron chi connectivity index (χ3n) is 5.79. The fourth-order valence-corrected chi connectivity index (χ4v) is 4.22. The van der Waals surface area contributed by atoms with Crippen LogP contribution in [-0.4, -0.2) is 23.1 Å². The van der Waals surface area contributed by atoms with Crippen LogP contribution in [0, 0.1) is 11.8 Å². The van der Waals surface area contributed by atoms with E-state index in [2.05, 4.69) is 45.2 Å². The molecule has 2 aromatic rings. The summed E-state index contributed by atoms with van der Waals surface area (Å²) in [7, 11) is 0. The molecule has 2 fully saturated rings. The third-order valence-corrected chi connectivity index (χ3v) is 5.79. The summed E-state index contributed by atoms with van der Waals surface area (Å²) in [6.07, 6.45) is 11.9. The maximum atomic E-state index is 4.37. The zero-order valence-electron chi connectivity index (χ0n) is 14.3. The average molecular weight is 321 g/mol. The molecule has 1 aromatic heterocycles. The van der Waals surface area contributed by atoms with Crippen molar-refractivity contribution in [2.45, 2.75) is 44.4 Å². The molecule has 1 saturated heterocycles. The van der Waals surface area contributed by atoms with E-state index in [9.17, 15) is 0 Å². The lowest BCUT2D eigenvalue weighted by atomic mass is 9.91. The normalized spacial score (nSPS) is 24.1. The molecule has 1 saturated carbocycles. The van der Waals surface area contributed by atoms with E-state index in [1.807, 2.05) is 18.5 Å². The molecule has 24 heavy (non-hydrogen) atoms. The van der Waals surface area contributed by atoms with Gasteiger partial charge in [0, 0.05) is 25.5 Å². The van der Waals surface area contributed by atoms with Gasteiger partial charge in [-0.1, -0.05) is 43.2 Å². The maximum Gasteiger partial charge on any atom is 0.225 e. The fourth-order valence-electron chi connectivity index (χ4n) is 4.22. The Balaban J connectivity index is 1.15. The predicted molar refractivity (Wildman–Crippen MR) is 98.1 cm³/mol. The van der Waals surface area contributed by atoms with Crippen LogP contribution in [0.3, 0.4) is 0 Å². The molecule has 2 heterocycles. The molecule has 4 rings (SSSR count). The first-order valence-electron chi connectivity index (χ1n) is 9.47. The Bertz CT molecular complexity index is 620. The summed E-state index contributed by atoms with van der Waals surface area (Å²) in [5, 5.41) is 0. The Morgan fingerprint density at radius 1 is 0.917 bits per heavy atom.